The molecule has 17 heavy (non-hydrogen) atoms. The summed E-state index contributed by atoms with van der Waals surface area (Å²) in [4.78, 5) is 1.90. The van der Waals surface area contributed by atoms with Crippen LogP contribution in [-0.2, 0) is 4.74 Å². The minimum atomic E-state index is -0.534. The fourth-order valence-electron chi connectivity index (χ4n) is 1.92. The normalized spacial score (nSPS) is 20.1. The molecule has 1 saturated heterocycles. The smallest absolute Gasteiger partial charge is 0.143 e. The Balaban J connectivity index is 2.26. The summed E-state index contributed by atoms with van der Waals surface area (Å²) in [6, 6.07) is 6.10. The van der Waals surface area contributed by atoms with E-state index in [1.165, 1.54) is 12.1 Å². The molecule has 90 valence electrons. The van der Waals surface area contributed by atoms with Gasteiger partial charge in [-0.05, 0) is 18.2 Å². The number of aliphatic hydroxyl groups is 1. The van der Waals surface area contributed by atoms with Gasteiger partial charge in [0.2, 0.25) is 0 Å². The molecule has 2 rings (SSSR count). The first-order chi connectivity index (χ1) is 8.26. The number of nitriles is 1. The molecule has 4 nitrogen and oxygen atoms in total. The van der Waals surface area contributed by atoms with Gasteiger partial charge in [0.05, 0.1) is 31.4 Å². The molecule has 1 N–H and O–H groups in total. The van der Waals surface area contributed by atoms with Gasteiger partial charge in [-0.1, -0.05) is 0 Å². The molecule has 0 radical (unpaired) electrons. The van der Waals surface area contributed by atoms with Crippen molar-refractivity contribution in [3.05, 3.63) is 29.6 Å². The largest absolute Gasteiger partial charge is 0.394 e. The second-order valence-electron chi connectivity index (χ2n) is 3.88. The third-order valence-corrected chi connectivity index (χ3v) is 2.84. The van der Waals surface area contributed by atoms with Crippen molar-refractivity contribution in [1.82, 2.24) is 0 Å². The number of nitrogens with zero attached hydrogens (tertiary/aromatic N) is 2. The van der Waals surface area contributed by atoms with E-state index in [9.17, 15) is 9.50 Å². The summed E-state index contributed by atoms with van der Waals surface area (Å²) in [5.41, 5.74) is 0.700. The highest BCUT2D eigenvalue weighted by Crippen LogP contribution is 2.22. The van der Waals surface area contributed by atoms with E-state index in [4.69, 9.17) is 10.00 Å². The van der Waals surface area contributed by atoms with Gasteiger partial charge in [0, 0.05) is 12.2 Å². The van der Waals surface area contributed by atoms with Crippen molar-refractivity contribution in [2.45, 2.75) is 6.04 Å². The first kappa shape index (κ1) is 11.8. The van der Waals surface area contributed by atoms with Gasteiger partial charge in [-0.15, -0.1) is 0 Å². The van der Waals surface area contributed by atoms with Crippen molar-refractivity contribution in [3.8, 4) is 6.07 Å². The molecule has 1 aliphatic heterocycles. The molecule has 0 amide bonds. The number of ether oxygens (including phenoxy) is 1. The summed E-state index contributed by atoms with van der Waals surface area (Å²) < 4.78 is 18.7. The summed E-state index contributed by atoms with van der Waals surface area (Å²) in [6.45, 7) is 1.55. The molecule has 0 saturated carbocycles. The van der Waals surface area contributed by atoms with E-state index < -0.39 is 5.82 Å². The maximum absolute atomic E-state index is 13.5. The summed E-state index contributed by atoms with van der Waals surface area (Å²) in [5.74, 6) is -0.534. The van der Waals surface area contributed by atoms with Crippen LogP contribution in [0.5, 0.6) is 0 Å². The lowest BCUT2D eigenvalue weighted by atomic mass is 10.1. The predicted octanol–water partition coefficient (Wildman–Crippen LogP) is 0.895. The average molecular weight is 236 g/mol. The Kier molecular flexibility index (Phi) is 3.57. The number of halogens is 1. The van der Waals surface area contributed by atoms with E-state index >= 15 is 0 Å². The monoisotopic (exact) mass is 236 g/mol. The van der Waals surface area contributed by atoms with Crippen LogP contribution in [-0.4, -0.2) is 37.5 Å². The molecule has 0 spiro atoms. The fraction of sp³-hybridized carbons (Fsp3) is 0.417. The fourth-order valence-corrected chi connectivity index (χ4v) is 1.92. The van der Waals surface area contributed by atoms with Crippen LogP contribution in [0, 0.1) is 17.1 Å². The van der Waals surface area contributed by atoms with Gasteiger partial charge in [0.25, 0.3) is 0 Å². The minimum Gasteiger partial charge on any atom is -0.394 e. The lowest BCUT2D eigenvalue weighted by Gasteiger charge is -2.36. The van der Waals surface area contributed by atoms with Crippen LogP contribution in [0.4, 0.5) is 10.1 Å². The van der Waals surface area contributed by atoms with Crippen molar-refractivity contribution in [2.24, 2.45) is 0 Å². The van der Waals surface area contributed by atoms with Crippen molar-refractivity contribution in [3.63, 3.8) is 0 Å². The maximum Gasteiger partial charge on any atom is 0.143 e. The number of hydrogen-bond donors (Lipinski definition) is 1. The standard InChI is InChI=1S/C12H13FN2O2/c13-12-5-10(2-1-9(12)6-14)15-3-4-17-8-11(15)7-16/h1-2,5,11,16H,3-4,7-8H2. The molecule has 1 atom stereocenters. The molecule has 1 unspecified atom stereocenters. The lowest BCUT2D eigenvalue weighted by Crippen LogP contribution is -2.47. The van der Waals surface area contributed by atoms with Gasteiger partial charge in [-0.3, -0.25) is 0 Å². The third-order valence-electron chi connectivity index (χ3n) is 2.84. The second kappa shape index (κ2) is 5.13. The summed E-state index contributed by atoms with van der Waals surface area (Å²) in [6.07, 6.45) is 0. The van der Waals surface area contributed by atoms with E-state index in [-0.39, 0.29) is 18.2 Å². The SMILES string of the molecule is N#Cc1ccc(N2CCOCC2CO)cc1F. The van der Waals surface area contributed by atoms with E-state index in [1.54, 1.807) is 12.1 Å². The third kappa shape index (κ3) is 2.38. The molecular weight excluding hydrogens is 223 g/mol. The Morgan fingerprint density at radius 1 is 1.59 bits per heavy atom. The number of anilines is 1. The van der Waals surface area contributed by atoms with E-state index in [2.05, 4.69) is 0 Å². The zero-order valence-corrected chi connectivity index (χ0v) is 9.27. The molecule has 1 aromatic rings. The average Bonchev–Trinajstić information content (AvgIpc) is 2.38. The molecule has 1 fully saturated rings. The molecular formula is C12H13FN2O2. The van der Waals surface area contributed by atoms with Crippen LogP contribution >= 0.6 is 0 Å². The highest BCUT2D eigenvalue weighted by atomic mass is 19.1. The molecule has 1 aliphatic rings. The molecule has 0 aliphatic carbocycles. The van der Waals surface area contributed by atoms with E-state index in [1.807, 2.05) is 4.90 Å². The van der Waals surface area contributed by atoms with Crippen LogP contribution in [0.2, 0.25) is 0 Å². The Bertz CT molecular complexity index is 445. The summed E-state index contributed by atoms with van der Waals surface area (Å²) in [5, 5.41) is 17.9. The molecule has 1 aromatic carbocycles. The van der Waals surface area contributed by atoms with Crippen molar-refractivity contribution >= 4 is 5.69 Å². The Morgan fingerprint density at radius 3 is 3.06 bits per heavy atom. The van der Waals surface area contributed by atoms with E-state index in [0.717, 1.165) is 0 Å². The number of aliphatic hydroxyl groups excluding tert-OH is 1. The zero-order chi connectivity index (χ0) is 12.3. The first-order valence-electron chi connectivity index (χ1n) is 5.41. The highest BCUT2D eigenvalue weighted by molar-refractivity contribution is 5.51. The van der Waals surface area contributed by atoms with Crippen molar-refractivity contribution in [2.75, 3.05) is 31.3 Å². The van der Waals surface area contributed by atoms with Crippen molar-refractivity contribution in [1.29, 1.82) is 5.26 Å². The number of hydrogen-bond acceptors (Lipinski definition) is 4. The number of morpholine rings is 1. The minimum absolute atomic E-state index is 0.0301. The van der Waals surface area contributed by atoms with Gasteiger partial charge in [-0.2, -0.15) is 5.26 Å². The van der Waals surface area contributed by atoms with Crippen LogP contribution in [0.25, 0.3) is 0 Å². The summed E-state index contributed by atoms with van der Waals surface area (Å²) in [7, 11) is 0. The van der Waals surface area contributed by atoms with Crippen molar-refractivity contribution < 1.29 is 14.2 Å². The van der Waals surface area contributed by atoms with Gasteiger partial charge in [0.15, 0.2) is 0 Å². The lowest BCUT2D eigenvalue weighted by molar-refractivity contribution is 0.0727. The van der Waals surface area contributed by atoms with Gasteiger partial charge < -0.3 is 14.7 Å². The maximum atomic E-state index is 13.5. The number of rotatable bonds is 2. The zero-order valence-electron chi connectivity index (χ0n) is 9.27. The van der Waals surface area contributed by atoms with Crippen LogP contribution < -0.4 is 4.90 Å². The van der Waals surface area contributed by atoms with Crippen LogP contribution in [0.15, 0.2) is 18.2 Å². The molecule has 1 heterocycles. The Morgan fingerprint density at radius 2 is 2.41 bits per heavy atom. The van der Waals surface area contributed by atoms with Gasteiger partial charge in [0.1, 0.15) is 11.9 Å². The first-order valence-corrected chi connectivity index (χ1v) is 5.41. The van der Waals surface area contributed by atoms with Crippen LogP contribution in [0.1, 0.15) is 5.56 Å². The topological polar surface area (TPSA) is 56.5 Å². The number of benzene rings is 1. The Hall–Kier alpha value is -1.64. The van der Waals surface area contributed by atoms with Gasteiger partial charge >= 0.3 is 0 Å². The molecule has 0 bridgehead atoms. The summed E-state index contributed by atoms with van der Waals surface area (Å²) >= 11 is 0. The predicted molar refractivity (Wildman–Crippen MR) is 60.2 cm³/mol. The quantitative estimate of drug-likeness (QED) is 0.828. The second-order valence-corrected chi connectivity index (χ2v) is 3.88. The van der Waals surface area contributed by atoms with Crippen LogP contribution in [0.3, 0.4) is 0 Å². The highest BCUT2D eigenvalue weighted by Gasteiger charge is 2.23. The molecule has 5 heteroatoms. The van der Waals surface area contributed by atoms with E-state index in [0.29, 0.717) is 25.4 Å². The van der Waals surface area contributed by atoms with Gasteiger partial charge in [-0.25, -0.2) is 4.39 Å². The molecule has 0 aromatic heterocycles. The Labute approximate surface area is 98.8 Å².